The minimum Gasteiger partial charge on any atom is -0.314 e. The molecule has 1 rings (SSSR count). The molecule has 1 aromatic rings. The first kappa shape index (κ1) is 14.0. The van der Waals surface area contributed by atoms with Gasteiger partial charge in [0.25, 0.3) is 0 Å². The SMILES string of the molecule is C=CCC(CCc1c(C)nn(C)c1C)NCC. The number of aromatic nitrogens is 2. The predicted octanol–water partition coefficient (Wildman–Crippen LogP) is 2.52. The Morgan fingerprint density at radius 2 is 2.18 bits per heavy atom. The van der Waals surface area contributed by atoms with E-state index in [1.54, 1.807) is 0 Å². The van der Waals surface area contributed by atoms with Crippen molar-refractivity contribution in [2.24, 2.45) is 7.05 Å². The molecule has 0 fully saturated rings. The molecule has 0 saturated carbocycles. The lowest BCUT2D eigenvalue weighted by Gasteiger charge is -2.15. The van der Waals surface area contributed by atoms with Crippen LogP contribution in [0.1, 0.15) is 36.7 Å². The fraction of sp³-hybridized carbons (Fsp3) is 0.643. The van der Waals surface area contributed by atoms with E-state index in [0.717, 1.165) is 25.8 Å². The first-order valence-electron chi connectivity index (χ1n) is 6.43. The Labute approximate surface area is 105 Å². The van der Waals surface area contributed by atoms with E-state index in [4.69, 9.17) is 0 Å². The molecule has 0 aliphatic carbocycles. The van der Waals surface area contributed by atoms with Gasteiger partial charge in [-0.05, 0) is 45.2 Å². The second-order valence-electron chi connectivity index (χ2n) is 4.59. The van der Waals surface area contributed by atoms with Crippen molar-refractivity contribution in [3.8, 4) is 0 Å². The van der Waals surface area contributed by atoms with E-state index >= 15 is 0 Å². The number of rotatable bonds is 7. The maximum absolute atomic E-state index is 4.46. The van der Waals surface area contributed by atoms with Gasteiger partial charge in [-0.2, -0.15) is 5.10 Å². The minimum absolute atomic E-state index is 0.538. The van der Waals surface area contributed by atoms with E-state index in [-0.39, 0.29) is 0 Å². The molecule has 0 amide bonds. The number of hydrogen-bond donors (Lipinski definition) is 1. The van der Waals surface area contributed by atoms with Gasteiger partial charge in [0, 0.05) is 18.8 Å². The fourth-order valence-electron chi connectivity index (χ4n) is 2.29. The average Bonchev–Trinajstić information content (AvgIpc) is 2.51. The van der Waals surface area contributed by atoms with Crippen molar-refractivity contribution in [1.29, 1.82) is 0 Å². The molecule has 3 heteroatoms. The van der Waals surface area contributed by atoms with E-state index < -0.39 is 0 Å². The number of hydrogen-bond acceptors (Lipinski definition) is 2. The van der Waals surface area contributed by atoms with Gasteiger partial charge in [-0.15, -0.1) is 6.58 Å². The van der Waals surface area contributed by atoms with E-state index in [9.17, 15) is 0 Å². The molecule has 1 aromatic heterocycles. The summed E-state index contributed by atoms with van der Waals surface area (Å²) >= 11 is 0. The normalized spacial score (nSPS) is 12.7. The Bertz CT molecular complexity index is 366. The van der Waals surface area contributed by atoms with Gasteiger partial charge < -0.3 is 5.32 Å². The van der Waals surface area contributed by atoms with E-state index in [0.29, 0.717) is 6.04 Å². The summed E-state index contributed by atoms with van der Waals surface area (Å²) in [4.78, 5) is 0. The summed E-state index contributed by atoms with van der Waals surface area (Å²) in [6, 6.07) is 0.538. The van der Waals surface area contributed by atoms with Crippen LogP contribution in [0.2, 0.25) is 0 Å². The van der Waals surface area contributed by atoms with Gasteiger partial charge in [0.2, 0.25) is 0 Å². The number of nitrogens with zero attached hydrogens (tertiary/aromatic N) is 2. The van der Waals surface area contributed by atoms with Crippen LogP contribution >= 0.6 is 0 Å². The zero-order chi connectivity index (χ0) is 12.8. The van der Waals surface area contributed by atoms with E-state index in [2.05, 4.69) is 37.8 Å². The smallest absolute Gasteiger partial charge is 0.0628 e. The summed E-state index contributed by atoms with van der Waals surface area (Å²) in [5.74, 6) is 0. The fourth-order valence-corrected chi connectivity index (χ4v) is 2.29. The quantitative estimate of drug-likeness (QED) is 0.736. The highest BCUT2D eigenvalue weighted by atomic mass is 15.3. The van der Waals surface area contributed by atoms with Crippen LogP contribution in [-0.4, -0.2) is 22.4 Å². The Morgan fingerprint density at radius 1 is 1.47 bits per heavy atom. The second kappa shape index (κ2) is 6.60. The van der Waals surface area contributed by atoms with Crippen LogP contribution in [-0.2, 0) is 13.5 Å². The lowest BCUT2D eigenvalue weighted by molar-refractivity contribution is 0.497. The molecular formula is C14H25N3. The van der Waals surface area contributed by atoms with Crippen LogP contribution < -0.4 is 5.32 Å². The van der Waals surface area contributed by atoms with Crippen molar-refractivity contribution < 1.29 is 0 Å². The van der Waals surface area contributed by atoms with Crippen LogP contribution in [0, 0.1) is 13.8 Å². The summed E-state index contributed by atoms with van der Waals surface area (Å²) in [5, 5.41) is 7.96. The maximum Gasteiger partial charge on any atom is 0.0628 e. The molecule has 0 radical (unpaired) electrons. The molecule has 1 N–H and O–H groups in total. The number of nitrogens with one attached hydrogen (secondary N) is 1. The third kappa shape index (κ3) is 3.70. The average molecular weight is 235 g/mol. The van der Waals surface area contributed by atoms with E-state index in [1.807, 2.05) is 17.8 Å². The van der Waals surface area contributed by atoms with E-state index in [1.165, 1.54) is 17.0 Å². The zero-order valence-electron chi connectivity index (χ0n) is 11.6. The van der Waals surface area contributed by atoms with Crippen LogP contribution in [0.5, 0.6) is 0 Å². The van der Waals surface area contributed by atoms with Gasteiger partial charge in [-0.3, -0.25) is 4.68 Å². The van der Waals surface area contributed by atoms with Gasteiger partial charge in [0.05, 0.1) is 5.69 Å². The first-order valence-corrected chi connectivity index (χ1v) is 6.43. The largest absolute Gasteiger partial charge is 0.314 e. The lowest BCUT2D eigenvalue weighted by atomic mass is 10.0. The molecule has 1 heterocycles. The zero-order valence-corrected chi connectivity index (χ0v) is 11.6. The third-order valence-corrected chi connectivity index (χ3v) is 3.35. The molecule has 0 bridgehead atoms. The topological polar surface area (TPSA) is 29.9 Å². The van der Waals surface area contributed by atoms with Crippen molar-refractivity contribution in [2.75, 3.05) is 6.54 Å². The second-order valence-corrected chi connectivity index (χ2v) is 4.59. The molecule has 96 valence electrons. The highest BCUT2D eigenvalue weighted by Crippen LogP contribution is 2.15. The summed E-state index contributed by atoms with van der Waals surface area (Å²) in [5.41, 5.74) is 3.86. The van der Waals surface area contributed by atoms with Crippen LogP contribution in [0.4, 0.5) is 0 Å². The van der Waals surface area contributed by atoms with Crippen LogP contribution in [0.15, 0.2) is 12.7 Å². The predicted molar refractivity (Wildman–Crippen MR) is 73.3 cm³/mol. The van der Waals surface area contributed by atoms with Gasteiger partial charge in [-0.1, -0.05) is 13.0 Å². The van der Waals surface area contributed by atoms with Gasteiger partial charge in [0.15, 0.2) is 0 Å². The maximum atomic E-state index is 4.46. The van der Waals surface area contributed by atoms with Gasteiger partial charge in [0.1, 0.15) is 0 Å². The molecule has 1 unspecified atom stereocenters. The van der Waals surface area contributed by atoms with Crippen molar-refractivity contribution in [3.63, 3.8) is 0 Å². The van der Waals surface area contributed by atoms with Crippen molar-refractivity contribution >= 4 is 0 Å². The summed E-state index contributed by atoms with van der Waals surface area (Å²) in [6.45, 7) is 11.2. The molecule has 0 aliphatic heterocycles. The van der Waals surface area contributed by atoms with Crippen molar-refractivity contribution in [3.05, 3.63) is 29.6 Å². The summed E-state index contributed by atoms with van der Waals surface area (Å²) in [7, 11) is 2.01. The number of aryl methyl sites for hydroxylation is 2. The lowest BCUT2D eigenvalue weighted by Crippen LogP contribution is -2.28. The first-order chi connectivity index (χ1) is 8.10. The Kier molecular flexibility index (Phi) is 5.42. The standard InChI is InChI=1S/C14H25N3/c1-6-8-13(15-7-2)9-10-14-11(3)16-17(5)12(14)4/h6,13,15H,1,7-10H2,2-5H3. The minimum atomic E-state index is 0.538. The monoisotopic (exact) mass is 235 g/mol. The molecule has 0 aromatic carbocycles. The van der Waals surface area contributed by atoms with Crippen LogP contribution in [0.25, 0.3) is 0 Å². The highest BCUT2D eigenvalue weighted by Gasteiger charge is 2.12. The summed E-state index contributed by atoms with van der Waals surface area (Å²) < 4.78 is 1.97. The Balaban J connectivity index is 2.61. The van der Waals surface area contributed by atoms with Gasteiger partial charge >= 0.3 is 0 Å². The Hall–Kier alpha value is -1.09. The van der Waals surface area contributed by atoms with Crippen molar-refractivity contribution in [2.45, 2.75) is 46.1 Å². The summed E-state index contributed by atoms with van der Waals surface area (Å²) in [6.07, 6.45) is 5.27. The molecule has 1 atom stereocenters. The highest BCUT2D eigenvalue weighted by molar-refractivity contribution is 5.24. The molecule has 0 saturated heterocycles. The molecule has 17 heavy (non-hydrogen) atoms. The Morgan fingerprint density at radius 3 is 2.65 bits per heavy atom. The molecular weight excluding hydrogens is 210 g/mol. The molecule has 3 nitrogen and oxygen atoms in total. The molecule has 0 spiro atoms. The van der Waals surface area contributed by atoms with Crippen LogP contribution in [0.3, 0.4) is 0 Å². The third-order valence-electron chi connectivity index (χ3n) is 3.35. The van der Waals surface area contributed by atoms with Crippen molar-refractivity contribution in [1.82, 2.24) is 15.1 Å². The molecule has 0 aliphatic rings. The van der Waals surface area contributed by atoms with Gasteiger partial charge in [-0.25, -0.2) is 0 Å².